The monoisotopic (exact) mass is 274 g/mol. The minimum Gasteiger partial charge on any atom is -0.299 e. The maximum Gasteiger partial charge on any atom is 0.150 e. The fourth-order valence-electron chi connectivity index (χ4n) is 2.76. The lowest BCUT2D eigenvalue weighted by Crippen LogP contribution is -2.36. The SMILES string of the molecule is CCS(=O)(=O)CCC(C)(C)C1CCC(C)CC1=O. The lowest BCUT2D eigenvalue weighted by molar-refractivity contribution is -0.130. The Kier molecular flexibility index (Phi) is 4.98. The van der Waals surface area contributed by atoms with Crippen LogP contribution < -0.4 is 0 Å². The van der Waals surface area contributed by atoms with Gasteiger partial charge >= 0.3 is 0 Å². The van der Waals surface area contributed by atoms with Crippen molar-refractivity contribution in [2.24, 2.45) is 17.3 Å². The van der Waals surface area contributed by atoms with Gasteiger partial charge in [0.15, 0.2) is 0 Å². The smallest absolute Gasteiger partial charge is 0.150 e. The second-order valence-corrected chi connectivity index (χ2v) is 8.85. The molecule has 0 amide bonds. The molecular weight excluding hydrogens is 248 g/mol. The van der Waals surface area contributed by atoms with E-state index in [4.69, 9.17) is 0 Å². The Hall–Kier alpha value is -0.380. The van der Waals surface area contributed by atoms with Crippen molar-refractivity contribution in [2.75, 3.05) is 11.5 Å². The van der Waals surface area contributed by atoms with Crippen LogP contribution in [-0.2, 0) is 14.6 Å². The third-order valence-corrected chi connectivity index (χ3v) is 6.03. The third-order valence-electron chi connectivity index (χ3n) is 4.33. The van der Waals surface area contributed by atoms with E-state index in [1.807, 2.05) is 13.8 Å². The number of hydrogen-bond acceptors (Lipinski definition) is 3. The van der Waals surface area contributed by atoms with Crippen LogP contribution >= 0.6 is 0 Å². The van der Waals surface area contributed by atoms with E-state index in [1.54, 1.807) is 6.92 Å². The standard InChI is InChI=1S/C14H26O3S/c1-5-18(16,17)9-8-14(3,4)12-7-6-11(2)10-13(12)15/h11-12H,5-10H2,1-4H3. The highest BCUT2D eigenvalue weighted by Gasteiger charge is 2.38. The van der Waals surface area contributed by atoms with Gasteiger partial charge in [0.05, 0.1) is 5.75 Å². The van der Waals surface area contributed by atoms with Gasteiger partial charge in [-0.15, -0.1) is 0 Å². The summed E-state index contributed by atoms with van der Waals surface area (Å²) in [4.78, 5) is 12.1. The van der Waals surface area contributed by atoms with Crippen LogP contribution in [-0.4, -0.2) is 25.7 Å². The van der Waals surface area contributed by atoms with Gasteiger partial charge in [0, 0.05) is 18.1 Å². The molecule has 0 N–H and O–H groups in total. The molecule has 3 nitrogen and oxygen atoms in total. The summed E-state index contributed by atoms with van der Waals surface area (Å²) in [5.74, 6) is 1.26. The maximum atomic E-state index is 12.1. The average molecular weight is 274 g/mol. The molecular formula is C14H26O3S. The molecule has 0 bridgehead atoms. The summed E-state index contributed by atoms with van der Waals surface area (Å²) in [5, 5.41) is 0. The van der Waals surface area contributed by atoms with Crippen molar-refractivity contribution in [3.8, 4) is 0 Å². The molecule has 1 aliphatic carbocycles. The number of Topliss-reactive ketones (excluding diaryl/α,β-unsaturated/α-hetero) is 1. The maximum absolute atomic E-state index is 12.1. The Morgan fingerprint density at radius 2 is 1.89 bits per heavy atom. The van der Waals surface area contributed by atoms with Crippen LogP contribution in [0.3, 0.4) is 0 Å². The minimum atomic E-state index is -2.93. The predicted molar refractivity (Wildman–Crippen MR) is 74.2 cm³/mol. The summed E-state index contributed by atoms with van der Waals surface area (Å²) in [7, 11) is -2.93. The number of hydrogen-bond donors (Lipinski definition) is 0. The van der Waals surface area contributed by atoms with Crippen LogP contribution in [0.1, 0.15) is 53.4 Å². The third kappa shape index (κ3) is 4.08. The van der Waals surface area contributed by atoms with Crippen molar-refractivity contribution in [3.63, 3.8) is 0 Å². The molecule has 0 aromatic rings. The van der Waals surface area contributed by atoms with Crippen LogP contribution in [0.4, 0.5) is 0 Å². The van der Waals surface area contributed by atoms with E-state index >= 15 is 0 Å². The van der Waals surface area contributed by atoms with Gasteiger partial charge in [-0.3, -0.25) is 4.79 Å². The Balaban J connectivity index is 2.66. The highest BCUT2D eigenvalue weighted by atomic mass is 32.2. The Morgan fingerprint density at radius 1 is 1.28 bits per heavy atom. The van der Waals surface area contributed by atoms with Crippen molar-refractivity contribution in [3.05, 3.63) is 0 Å². The Labute approximate surface area is 111 Å². The molecule has 106 valence electrons. The number of rotatable bonds is 5. The van der Waals surface area contributed by atoms with E-state index in [0.717, 1.165) is 12.8 Å². The molecule has 1 saturated carbocycles. The van der Waals surface area contributed by atoms with Gasteiger partial charge in [-0.2, -0.15) is 0 Å². The first-order valence-corrected chi connectivity index (χ1v) is 8.73. The van der Waals surface area contributed by atoms with Crippen LogP contribution in [0.15, 0.2) is 0 Å². The normalized spacial score (nSPS) is 26.3. The average Bonchev–Trinajstić information content (AvgIpc) is 2.26. The largest absolute Gasteiger partial charge is 0.299 e. The molecule has 2 atom stereocenters. The summed E-state index contributed by atoms with van der Waals surface area (Å²) in [6, 6.07) is 0. The zero-order valence-electron chi connectivity index (χ0n) is 12.0. The van der Waals surface area contributed by atoms with Crippen molar-refractivity contribution < 1.29 is 13.2 Å². The molecule has 0 aromatic heterocycles. The first-order chi connectivity index (χ1) is 8.18. The molecule has 0 radical (unpaired) electrons. The molecule has 18 heavy (non-hydrogen) atoms. The lowest BCUT2D eigenvalue weighted by Gasteiger charge is -2.37. The van der Waals surface area contributed by atoms with E-state index < -0.39 is 9.84 Å². The summed E-state index contributed by atoms with van der Waals surface area (Å²) < 4.78 is 23.2. The van der Waals surface area contributed by atoms with E-state index in [2.05, 4.69) is 6.92 Å². The van der Waals surface area contributed by atoms with Crippen LogP contribution in [0, 0.1) is 17.3 Å². The molecule has 1 fully saturated rings. The minimum absolute atomic E-state index is 0.0424. The van der Waals surface area contributed by atoms with Crippen molar-refractivity contribution in [2.45, 2.75) is 53.4 Å². The summed E-state index contributed by atoms with van der Waals surface area (Å²) in [6.07, 6.45) is 3.25. The zero-order chi connectivity index (χ0) is 14.0. The number of ketones is 1. The second kappa shape index (κ2) is 5.72. The summed E-state index contributed by atoms with van der Waals surface area (Å²) >= 11 is 0. The fraction of sp³-hybridized carbons (Fsp3) is 0.929. The summed E-state index contributed by atoms with van der Waals surface area (Å²) in [5.41, 5.74) is -0.195. The van der Waals surface area contributed by atoms with E-state index in [0.29, 0.717) is 24.5 Å². The molecule has 0 aromatic carbocycles. The van der Waals surface area contributed by atoms with Gasteiger partial charge < -0.3 is 0 Å². The highest BCUT2D eigenvalue weighted by Crippen LogP contribution is 2.40. The molecule has 0 aliphatic heterocycles. The van der Waals surface area contributed by atoms with Gasteiger partial charge in [0.2, 0.25) is 0 Å². The molecule has 1 aliphatic rings. The van der Waals surface area contributed by atoms with Crippen LogP contribution in [0.2, 0.25) is 0 Å². The van der Waals surface area contributed by atoms with Crippen molar-refractivity contribution in [1.29, 1.82) is 0 Å². The summed E-state index contributed by atoms with van der Waals surface area (Å²) in [6.45, 7) is 7.87. The van der Waals surface area contributed by atoms with Gasteiger partial charge in [-0.05, 0) is 30.6 Å². The Bertz CT molecular complexity index is 395. The number of sulfone groups is 1. The second-order valence-electron chi connectivity index (χ2n) is 6.38. The van der Waals surface area contributed by atoms with Crippen LogP contribution in [0.5, 0.6) is 0 Å². The topological polar surface area (TPSA) is 51.2 Å². The van der Waals surface area contributed by atoms with Crippen LogP contribution in [0.25, 0.3) is 0 Å². The van der Waals surface area contributed by atoms with Gasteiger partial charge in [0.1, 0.15) is 15.6 Å². The van der Waals surface area contributed by atoms with Crippen molar-refractivity contribution >= 4 is 15.6 Å². The number of carbonyl (C=O) groups is 1. The first-order valence-electron chi connectivity index (χ1n) is 6.91. The fourth-order valence-corrected chi connectivity index (χ4v) is 3.89. The molecule has 0 spiro atoms. The van der Waals surface area contributed by atoms with E-state index in [9.17, 15) is 13.2 Å². The first kappa shape index (κ1) is 15.7. The van der Waals surface area contributed by atoms with E-state index in [-0.39, 0.29) is 22.8 Å². The Morgan fingerprint density at radius 3 is 2.39 bits per heavy atom. The van der Waals surface area contributed by atoms with Gasteiger partial charge in [-0.1, -0.05) is 27.7 Å². The molecule has 0 heterocycles. The zero-order valence-corrected chi connectivity index (χ0v) is 12.8. The molecule has 4 heteroatoms. The quantitative estimate of drug-likeness (QED) is 0.774. The molecule has 0 saturated heterocycles. The van der Waals surface area contributed by atoms with Gasteiger partial charge in [0.25, 0.3) is 0 Å². The lowest BCUT2D eigenvalue weighted by atomic mass is 9.67. The van der Waals surface area contributed by atoms with Gasteiger partial charge in [-0.25, -0.2) is 8.42 Å². The molecule has 1 rings (SSSR count). The number of carbonyl (C=O) groups excluding carboxylic acids is 1. The molecule has 2 unspecified atom stereocenters. The predicted octanol–water partition coefficient (Wildman–Crippen LogP) is 2.84. The highest BCUT2D eigenvalue weighted by molar-refractivity contribution is 7.91. The van der Waals surface area contributed by atoms with E-state index in [1.165, 1.54) is 0 Å². The van der Waals surface area contributed by atoms with Crippen molar-refractivity contribution in [1.82, 2.24) is 0 Å².